The zero-order chi connectivity index (χ0) is 16.3. The van der Waals surface area contributed by atoms with E-state index >= 15 is 0 Å². The lowest BCUT2D eigenvalue weighted by Gasteiger charge is -2.30. The topological polar surface area (TPSA) is 75.3 Å². The molecule has 5 nitrogen and oxygen atoms in total. The lowest BCUT2D eigenvalue weighted by atomic mass is 9.94. The molecule has 0 aliphatic carbocycles. The first-order chi connectivity index (χ1) is 10.3. The normalized spacial score (nSPS) is 21.6. The maximum absolute atomic E-state index is 12.5. The van der Waals surface area contributed by atoms with Crippen LogP contribution in [0.5, 0.6) is 0 Å². The Bertz CT molecular complexity index is 646. The number of carbonyl (C=O) groups excluding carboxylic acids is 1. The van der Waals surface area contributed by atoms with Crippen LogP contribution in [0.25, 0.3) is 0 Å². The fourth-order valence-electron chi connectivity index (χ4n) is 2.59. The number of carbonyl (C=O) groups is 1. The largest absolute Gasteiger partial charge is 0.348 e. The molecular formula is C16H25ClN2O3S. The smallest absolute Gasteiger partial charge is 0.252 e. The van der Waals surface area contributed by atoms with Crippen molar-refractivity contribution in [2.75, 3.05) is 13.1 Å². The molecular weight excluding hydrogens is 336 g/mol. The van der Waals surface area contributed by atoms with Crippen molar-refractivity contribution in [3.63, 3.8) is 0 Å². The van der Waals surface area contributed by atoms with Crippen molar-refractivity contribution in [2.45, 2.75) is 43.4 Å². The summed E-state index contributed by atoms with van der Waals surface area (Å²) in [5.41, 5.74) is 0.231. The Labute approximate surface area is 144 Å². The minimum absolute atomic E-state index is 0. The van der Waals surface area contributed by atoms with Gasteiger partial charge in [-0.3, -0.25) is 4.79 Å². The average molecular weight is 361 g/mol. The van der Waals surface area contributed by atoms with Crippen molar-refractivity contribution in [1.82, 2.24) is 10.6 Å². The van der Waals surface area contributed by atoms with E-state index in [0.29, 0.717) is 12.5 Å². The van der Waals surface area contributed by atoms with Crippen LogP contribution in [0.1, 0.15) is 37.6 Å². The lowest BCUT2D eigenvalue weighted by Crippen LogP contribution is -2.50. The highest BCUT2D eigenvalue weighted by molar-refractivity contribution is 7.92. The summed E-state index contributed by atoms with van der Waals surface area (Å²) in [5.74, 6) is 0.0550. The van der Waals surface area contributed by atoms with Gasteiger partial charge in [0.05, 0.1) is 15.7 Å². The number of nitrogens with one attached hydrogen (secondary N) is 2. The van der Waals surface area contributed by atoms with Gasteiger partial charge in [0, 0.05) is 12.6 Å². The molecule has 2 unspecified atom stereocenters. The summed E-state index contributed by atoms with van der Waals surface area (Å²) in [5, 5.41) is 5.66. The second-order valence-electron chi connectivity index (χ2n) is 6.14. The van der Waals surface area contributed by atoms with Crippen molar-refractivity contribution in [1.29, 1.82) is 0 Å². The molecule has 7 heteroatoms. The highest BCUT2D eigenvalue weighted by Crippen LogP contribution is 2.21. The van der Waals surface area contributed by atoms with Crippen LogP contribution < -0.4 is 10.6 Å². The summed E-state index contributed by atoms with van der Waals surface area (Å²) >= 11 is 0. The monoisotopic (exact) mass is 360 g/mol. The number of halogens is 1. The van der Waals surface area contributed by atoms with Gasteiger partial charge in [-0.15, -0.1) is 12.4 Å². The molecule has 1 aromatic rings. The second-order valence-corrected chi connectivity index (χ2v) is 8.61. The van der Waals surface area contributed by atoms with Gasteiger partial charge < -0.3 is 10.6 Å². The average Bonchev–Trinajstić information content (AvgIpc) is 2.49. The zero-order valence-corrected chi connectivity index (χ0v) is 15.3. The minimum Gasteiger partial charge on any atom is -0.348 e. The van der Waals surface area contributed by atoms with Crippen LogP contribution in [0.2, 0.25) is 0 Å². The predicted molar refractivity (Wildman–Crippen MR) is 93.9 cm³/mol. The number of hydrogen-bond donors (Lipinski definition) is 2. The summed E-state index contributed by atoms with van der Waals surface area (Å²) in [4.78, 5) is 12.7. The van der Waals surface area contributed by atoms with Crippen LogP contribution in [0.15, 0.2) is 29.2 Å². The molecule has 23 heavy (non-hydrogen) atoms. The maximum atomic E-state index is 12.5. The first-order valence-electron chi connectivity index (χ1n) is 7.68. The number of amides is 1. The molecule has 0 radical (unpaired) electrons. The first kappa shape index (κ1) is 19.9. The van der Waals surface area contributed by atoms with Crippen LogP contribution >= 0.6 is 12.4 Å². The van der Waals surface area contributed by atoms with Crippen LogP contribution in [0, 0.1) is 5.92 Å². The fraction of sp³-hybridized carbons (Fsp3) is 0.562. The van der Waals surface area contributed by atoms with Gasteiger partial charge >= 0.3 is 0 Å². The van der Waals surface area contributed by atoms with Gasteiger partial charge in [-0.05, 0) is 44.9 Å². The Kier molecular flexibility index (Phi) is 7.04. The second kappa shape index (κ2) is 8.13. The van der Waals surface area contributed by atoms with Crippen molar-refractivity contribution in [3.05, 3.63) is 29.8 Å². The Hall–Kier alpha value is -1.11. The quantitative estimate of drug-likeness (QED) is 0.861. The van der Waals surface area contributed by atoms with E-state index < -0.39 is 15.1 Å². The van der Waals surface area contributed by atoms with Crippen molar-refractivity contribution in [3.8, 4) is 0 Å². The van der Waals surface area contributed by atoms with Gasteiger partial charge in [-0.2, -0.15) is 0 Å². The number of hydrogen-bond acceptors (Lipinski definition) is 4. The summed E-state index contributed by atoms with van der Waals surface area (Å²) in [7, 11) is -3.48. The van der Waals surface area contributed by atoms with Gasteiger partial charge in [-0.25, -0.2) is 8.42 Å². The van der Waals surface area contributed by atoms with Crippen LogP contribution in [0.3, 0.4) is 0 Å². The number of rotatable bonds is 4. The SMILES string of the molecule is CC1CCNCC1NC(=O)c1ccccc1S(=O)(=O)C(C)C.Cl. The zero-order valence-electron chi connectivity index (χ0n) is 13.7. The van der Waals surface area contributed by atoms with Gasteiger partial charge in [0.2, 0.25) is 0 Å². The summed E-state index contributed by atoms with van der Waals surface area (Å²) in [6.45, 7) is 7.01. The molecule has 2 N–H and O–H groups in total. The van der Waals surface area contributed by atoms with Gasteiger partial charge in [0.15, 0.2) is 9.84 Å². The van der Waals surface area contributed by atoms with Crippen LogP contribution in [-0.4, -0.2) is 38.7 Å². The molecule has 1 saturated heterocycles. The summed E-state index contributed by atoms with van der Waals surface area (Å²) in [6.07, 6.45) is 0.997. The third-order valence-electron chi connectivity index (χ3n) is 4.20. The molecule has 130 valence electrons. The third kappa shape index (κ3) is 4.46. The summed E-state index contributed by atoms with van der Waals surface area (Å²) < 4.78 is 24.8. The molecule has 1 fully saturated rings. The Morgan fingerprint density at radius 3 is 2.57 bits per heavy atom. The van der Waals surface area contributed by atoms with Crippen molar-refractivity contribution < 1.29 is 13.2 Å². The summed E-state index contributed by atoms with van der Waals surface area (Å²) in [6, 6.07) is 6.45. The first-order valence-corrected chi connectivity index (χ1v) is 9.23. The molecule has 0 bridgehead atoms. The standard InChI is InChI=1S/C16H24N2O3S.ClH/c1-11(2)22(20,21)15-7-5-4-6-13(15)16(19)18-14-10-17-9-8-12(14)3;/h4-7,11-12,14,17H,8-10H2,1-3H3,(H,18,19);1H. The molecule has 2 rings (SSSR count). The minimum atomic E-state index is -3.48. The van der Waals surface area contributed by atoms with Gasteiger partial charge in [-0.1, -0.05) is 19.1 Å². The molecule has 0 saturated carbocycles. The molecule has 1 aliphatic heterocycles. The Morgan fingerprint density at radius 2 is 1.96 bits per heavy atom. The van der Waals surface area contributed by atoms with Gasteiger partial charge in [0.25, 0.3) is 5.91 Å². The Balaban J connectivity index is 0.00000264. The lowest BCUT2D eigenvalue weighted by molar-refractivity contribution is 0.0912. The van der Waals surface area contributed by atoms with Gasteiger partial charge in [0.1, 0.15) is 0 Å². The van der Waals surface area contributed by atoms with Crippen LogP contribution in [0.4, 0.5) is 0 Å². The maximum Gasteiger partial charge on any atom is 0.252 e. The van der Waals surface area contributed by atoms with E-state index in [4.69, 9.17) is 0 Å². The van der Waals surface area contributed by atoms with Crippen LogP contribution in [-0.2, 0) is 9.84 Å². The number of sulfone groups is 1. The van der Waals surface area contributed by atoms with E-state index in [2.05, 4.69) is 17.6 Å². The molecule has 1 heterocycles. The van der Waals surface area contributed by atoms with E-state index in [1.807, 2.05) is 0 Å². The van der Waals surface area contributed by atoms with Crippen molar-refractivity contribution >= 4 is 28.2 Å². The van der Waals surface area contributed by atoms with E-state index in [1.165, 1.54) is 6.07 Å². The van der Waals surface area contributed by atoms with E-state index in [1.54, 1.807) is 32.0 Å². The molecule has 1 aromatic carbocycles. The molecule has 0 aromatic heterocycles. The molecule has 2 atom stereocenters. The molecule has 0 spiro atoms. The Morgan fingerprint density at radius 1 is 1.30 bits per heavy atom. The number of benzene rings is 1. The molecule has 1 amide bonds. The third-order valence-corrected chi connectivity index (χ3v) is 6.41. The predicted octanol–water partition coefficient (Wildman–Crippen LogP) is 2.02. The fourth-order valence-corrected chi connectivity index (χ4v) is 3.83. The van der Waals surface area contributed by atoms with E-state index in [9.17, 15) is 13.2 Å². The van der Waals surface area contributed by atoms with Crippen molar-refractivity contribution in [2.24, 2.45) is 5.92 Å². The highest BCUT2D eigenvalue weighted by atomic mass is 35.5. The highest BCUT2D eigenvalue weighted by Gasteiger charge is 2.28. The molecule has 1 aliphatic rings. The van der Waals surface area contributed by atoms with E-state index in [0.717, 1.165) is 13.0 Å². The number of piperidine rings is 1. The van der Waals surface area contributed by atoms with E-state index in [-0.39, 0.29) is 34.8 Å².